The molecule has 0 spiro atoms. The molecule has 0 radical (unpaired) electrons. The third-order valence-corrected chi connectivity index (χ3v) is 4.40. The van der Waals surface area contributed by atoms with Gasteiger partial charge in [-0.05, 0) is 24.5 Å². The summed E-state index contributed by atoms with van der Waals surface area (Å²) in [6, 6.07) is 11.8. The average molecular weight is 284 g/mol. The maximum atomic E-state index is 11.8. The third-order valence-electron chi connectivity index (χ3n) is 4.40. The van der Waals surface area contributed by atoms with Gasteiger partial charge in [-0.3, -0.25) is 9.78 Å². The zero-order valence-corrected chi connectivity index (χ0v) is 12.0. The molecular formula is C17H20N2O2. The minimum Gasteiger partial charge on any atom is -0.481 e. The van der Waals surface area contributed by atoms with Gasteiger partial charge in [-0.25, -0.2) is 0 Å². The highest BCUT2D eigenvalue weighted by molar-refractivity contribution is 5.79. The Morgan fingerprint density at radius 2 is 2.05 bits per heavy atom. The lowest BCUT2D eigenvalue weighted by molar-refractivity contribution is -0.149. The molecule has 1 fully saturated rings. The first-order valence-corrected chi connectivity index (χ1v) is 7.41. The van der Waals surface area contributed by atoms with Gasteiger partial charge >= 0.3 is 5.97 Å². The van der Waals surface area contributed by atoms with Crippen molar-refractivity contribution in [1.82, 2.24) is 4.98 Å². The first-order chi connectivity index (χ1) is 10.1. The molecule has 0 amide bonds. The summed E-state index contributed by atoms with van der Waals surface area (Å²) in [5.74, 6) is -0.281. The van der Waals surface area contributed by atoms with Crippen LogP contribution in [0.15, 0.2) is 36.4 Å². The molecule has 1 heterocycles. The molecule has 4 heteroatoms. The van der Waals surface area contributed by atoms with Crippen LogP contribution in [0, 0.1) is 11.3 Å². The molecule has 1 saturated carbocycles. The molecule has 0 aliphatic heterocycles. The van der Waals surface area contributed by atoms with E-state index in [0.717, 1.165) is 29.4 Å². The second-order valence-electron chi connectivity index (χ2n) is 6.11. The molecule has 3 N–H and O–H groups in total. The number of hydrogen-bond donors (Lipinski definition) is 2. The van der Waals surface area contributed by atoms with Crippen LogP contribution in [-0.4, -0.2) is 22.6 Å². The highest BCUT2D eigenvalue weighted by atomic mass is 16.4. The lowest BCUT2D eigenvalue weighted by Gasteiger charge is -2.27. The summed E-state index contributed by atoms with van der Waals surface area (Å²) >= 11 is 0. The maximum Gasteiger partial charge on any atom is 0.311 e. The molecule has 110 valence electrons. The number of aromatic nitrogens is 1. The molecule has 0 saturated heterocycles. The molecule has 2 aromatic rings. The summed E-state index contributed by atoms with van der Waals surface area (Å²) in [6.07, 6.45) is 3.31. The second-order valence-corrected chi connectivity index (χ2v) is 6.11. The van der Waals surface area contributed by atoms with Crippen LogP contribution < -0.4 is 5.73 Å². The van der Waals surface area contributed by atoms with Crippen molar-refractivity contribution in [2.75, 3.05) is 6.54 Å². The van der Waals surface area contributed by atoms with E-state index in [-0.39, 0.29) is 6.54 Å². The van der Waals surface area contributed by atoms with E-state index in [4.69, 9.17) is 5.73 Å². The number of carbonyl (C=O) groups is 1. The number of nitrogens with two attached hydrogens (primary N) is 1. The molecule has 3 rings (SSSR count). The number of pyridine rings is 1. The fourth-order valence-electron chi connectivity index (χ4n) is 2.91. The Kier molecular flexibility index (Phi) is 3.64. The maximum absolute atomic E-state index is 11.8. The predicted octanol–water partition coefficient (Wildman–Crippen LogP) is 2.61. The van der Waals surface area contributed by atoms with Crippen LogP contribution in [0.2, 0.25) is 0 Å². The van der Waals surface area contributed by atoms with Gasteiger partial charge in [0, 0.05) is 24.0 Å². The van der Waals surface area contributed by atoms with Crippen molar-refractivity contribution >= 4 is 16.9 Å². The Balaban J connectivity index is 1.90. The number of fused-ring (bicyclic) bond motifs is 1. The number of aliphatic carboxylic acids is 1. The van der Waals surface area contributed by atoms with Crippen LogP contribution in [0.4, 0.5) is 0 Å². The van der Waals surface area contributed by atoms with Gasteiger partial charge in [0.2, 0.25) is 0 Å². The van der Waals surface area contributed by atoms with E-state index in [9.17, 15) is 9.90 Å². The number of nitrogens with zero attached hydrogens (tertiary/aromatic N) is 1. The van der Waals surface area contributed by atoms with E-state index in [0.29, 0.717) is 18.8 Å². The second kappa shape index (κ2) is 5.45. The van der Waals surface area contributed by atoms with Gasteiger partial charge in [0.25, 0.3) is 0 Å². The van der Waals surface area contributed by atoms with Crippen molar-refractivity contribution in [2.45, 2.75) is 25.7 Å². The van der Waals surface area contributed by atoms with Gasteiger partial charge in [-0.15, -0.1) is 0 Å². The Morgan fingerprint density at radius 3 is 2.71 bits per heavy atom. The molecule has 1 aromatic heterocycles. The molecule has 4 nitrogen and oxygen atoms in total. The predicted molar refractivity (Wildman–Crippen MR) is 81.9 cm³/mol. The van der Waals surface area contributed by atoms with Gasteiger partial charge in [0.05, 0.1) is 10.9 Å². The Labute approximate surface area is 124 Å². The number of benzene rings is 1. The zero-order chi connectivity index (χ0) is 14.9. The average Bonchev–Trinajstić information content (AvgIpc) is 3.30. The van der Waals surface area contributed by atoms with E-state index >= 15 is 0 Å². The standard InChI is InChI=1S/C17H20N2O2/c18-11-17(16(20)21,9-12-5-6-12)10-14-8-7-13-3-1-2-4-15(13)19-14/h1-4,7-8,12H,5-6,9-11,18H2,(H,20,21). The molecular weight excluding hydrogens is 264 g/mol. The fraction of sp³-hybridized carbons (Fsp3) is 0.412. The number of rotatable bonds is 6. The normalized spacial score (nSPS) is 17.6. The van der Waals surface area contributed by atoms with E-state index in [1.54, 1.807) is 0 Å². The zero-order valence-electron chi connectivity index (χ0n) is 12.0. The lowest BCUT2D eigenvalue weighted by Crippen LogP contribution is -2.41. The summed E-state index contributed by atoms with van der Waals surface area (Å²) in [6.45, 7) is 0.160. The summed E-state index contributed by atoms with van der Waals surface area (Å²) in [7, 11) is 0. The SMILES string of the molecule is NCC(Cc1ccc2ccccc2n1)(CC1CC1)C(=O)O. The third kappa shape index (κ3) is 2.90. The van der Waals surface area contributed by atoms with Gasteiger partial charge in [0.1, 0.15) is 0 Å². The first kappa shape index (κ1) is 14.0. The van der Waals surface area contributed by atoms with Crippen LogP contribution >= 0.6 is 0 Å². The quantitative estimate of drug-likeness (QED) is 0.855. The van der Waals surface area contributed by atoms with Crippen LogP contribution in [0.1, 0.15) is 25.0 Å². The summed E-state index contributed by atoms with van der Waals surface area (Å²) in [4.78, 5) is 16.4. The summed E-state index contributed by atoms with van der Waals surface area (Å²) in [5, 5.41) is 10.7. The summed E-state index contributed by atoms with van der Waals surface area (Å²) in [5.41, 5.74) is 6.67. The van der Waals surface area contributed by atoms with Gasteiger partial charge in [-0.2, -0.15) is 0 Å². The van der Waals surface area contributed by atoms with Crippen molar-refractivity contribution in [3.63, 3.8) is 0 Å². The largest absolute Gasteiger partial charge is 0.481 e. The number of hydrogen-bond acceptors (Lipinski definition) is 3. The molecule has 1 atom stereocenters. The fourth-order valence-corrected chi connectivity index (χ4v) is 2.91. The minimum atomic E-state index is -0.878. The highest BCUT2D eigenvalue weighted by Crippen LogP contribution is 2.41. The molecule has 1 aliphatic rings. The summed E-state index contributed by atoms with van der Waals surface area (Å²) < 4.78 is 0. The van der Waals surface area contributed by atoms with E-state index < -0.39 is 11.4 Å². The first-order valence-electron chi connectivity index (χ1n) is 7.41. The van der Waals surface area contributed by atoms with Crippen molar-refractivity contribution in [3.05, 3.63) is 42.1 Å². The van der Waals surface area contributed by atoms with Crippen LogP contribution in [0.3, 0.4) is 0 Å². The Morgan fingerprint density at radius 1 is 1.29 bits per heavy atom. The smallest absolute Gasteiger partial charge is 0.311 e. The monoisotopic (exact) mass is 284 g/mol. The van der Waals surface area contributed by atoms with E-state index in [1.165, 1.54) is 0 Å². The van der Waals surface area contributed by atoms with Crippen molar-refractivity contribution in [3.8, 4) is 0 Å². The number of carboxylic acids is 1. The number of carboxylic acid groups (broad SMARTS) is 1. The van der Waals surface area contributed by atoms with Crippen LogP contribution in [0.5, 0.6) is 0 Å². The van der Waals surface area contributed by atoms with Gasteiger partial charge in [0.15, 0.2) is 0 Å². The molecule has 21 heavy (non-hydrogen) atoms. The van der Waals surface area contributed by atoms with Crippen LogP contribution in [-0.2, 0) is 11.2 Å². The molecule has 0 bridgehead atoms. The van der Waals surface area contributed by atoms with Gasteiger partial charge < -0.3 is 10.8 Å². The minimum absolute atomic E-state index is 0.160. The van der Waals surface area contributed by atoms with Gasteiger partial charge in [-0.1, -0.05) is 37.1 Å². The Hall–Kier alpha value is -1.94. The lowest BCUT2D eigenvalue weighted by atomic mass is 9.78. The van der Waals surface area contributed by atoms with Crippen molar-refractivity contribution < 1.29 is 9.90 Å². The van der Waals surface area contributed by atoms with E-state index in [1.807, 2.05) is 36.4 Å². The Bertz CT molecular complexity index is 667. The molecule has 1 unspecified atom stereocenters. The topological polar surface area (TPSA) is 76.2 Å². The molecule has 1 aromatic carbocycles. The highest BCUT2D eigenvalue weighted by Gasteiger charge is 2.42. The van der Waals surface area contributed by atoms with Crippen molar-refractivity contribution in [1.29, 1.82) is 0 Å². The molecule has 1 aliphatic carbocycles. The van der Waals surface area contributed by atoms with Crippen molar-refractivity contribution in [2.24, 2.45) is 17.1 Å². The number of para-hydroxylation sites is 1. The van der Waals surface area contributed by atoms with Crippen LogP contribution in [0.25, 0.3) is 10.9 Å². The van der Waals surface area contributed by atoms with E-state index in [2.05, 4.69) is 4.98 Å².